The van der Waals surface area contributed by atoms with Gasteiger partial charge in [0.2, 0.25) is 0 Å². The summed E-state index contributed by atoms with van der Waals surface area (Å²) in [6.07, 6.45) is 0. The smallest absolute Gasteiger partial charge is 0.258 e. The van der Waals surface area contributed by atoms with Crippen LogP contribution in [0.15, 0.2) is 34.8 Å². The first kappa shape index (κ1) is 14.0. The van der Waals surface area contributed by atoms with E-state index in [0.29, 0.717) is 21.0 Å². The van der Waals surface area contributed by atoms with Crippen molar-refractivity contribution in [2.75, 3.05) is 5.32 Å². The van der Waals surface area contributed by atoms with E-state index in [2.05, 4.69) is 26.2 Å². The molecule has 1 amide bonds. The Hall–Kier alpha value is -1.46. The number of anilines is 1. The van der Waals surface area contributed by atoms with Gasteiger partial charge in [0, 0.05) is 4.47 Å². The molecular formula is C13H9BrClFN2O. The molecule has 0 spiro atoms. The van der Waals surface area contributed by atoms with Gasteiger partial charge in [0.1, 0.15) is 11.0 Å². The second-order valence-corrected chi connectivity index (χ2v) is 5.15. The van der Waals surface area contributed by atoms with E-state index >= 15 is 0 Å². The van der Waals surface area contributed by atoms with Gasteiger partial charge in [-0.15, -0.1) is 0 Å². The molecule has 0 aliphatic heterocycles. The summed E-state index contributed by atoms with van der Waals surface area (Å²) in [5.74, 6) is -1.12. The summed E-state index contributed by atoms with van der Waals surface area (Å²) < 4.78 is 14.2. The molecule has 0 fully saturated rings. The van der Waals surface area contributed by atoms with E-state index < -0.39 is 11.7 Å². The number of benzene rings is 1. The van der Waals surface area contributed by atoms with E-state index in [0.717, 1.165) is 0 Å². The highest BCUT2D eigenvalue weighted by atomic mass is 79.9. The van der Waals surface area contributed by atoms with Crippen LogP contribution in [0.3, 0.4) is 0 Å². The number of amides is 1. The largest absolute Gasteiger partial charge is 0.320 e. The van der Waals surface area contributed by atoms with Gasteiger partial charge >= 0.3 is 0 Å². The van der Waals surface area contributed by atoms with Crippen LogP contribution in [0.1, 0.15) is 16.1 Å². The highest BCUT2D eigenvalue weighted by Gasteiger charge is 2.13. The minimum absolute atomic E-state index is 0.0382. The minimum atomic E-state index is -0.583. The van der Waals surface area contributed by atoms with Gasteiger partial charge < -0.3 is 5.32 Å². The summed E-state index contributed by atoms with van der Waals surface area (Å²) in [4.78, 5) is 16.0. The number of aryl methyl sites for hydroxylation is 1. The zero-order valence-electron chi connectivity index (χ0n) is 9.88. The van der Waals surface area contributed by atoms with Crippen molar-refractivity contribution in [2.24, 2.45) is 0 Å². The molecule has 98 valence electrons. The van der Waals surface area contributed by atoms with Crippen LogP contribution in [0.4, 0.5) is 10.1 Å². The molecule has 0 unspecified atom stereocenters. The van der Waals surface area contributed by atoms with E-state index in [4.69, 9.17) is 11.6 Å². The van der Waals surface area contributed by atoms with E-state index in [1.165, 1.54) is 18.2 Å². The molecule has 0 aliphatic carbocycles. The van der Waals surface area contributed by atoms with Gasteiger partial charge in [-0.05, 0) is 37.3 Å². The maximum atomic E-state index is 13.6. The summed E-state index contributed by atoms with van der Waals surface area (Å²) >= 11 is 8.92. The number of nitrogens with one attached hydrogen (secondary N) is 1. The molecule has 1 N–H and O–H groups in total. The van der Waals surface area contributed by atoms with Crippen LogP contribution in [0, 0.1) is 12.7 Å². The molecule has 0 saturated carbocycles. The van der Waals surface area contributed by atoms with Crippen molar-refractivity contribution < 1.29 is 9.18 Å². The molecule has 0 saturated heterocycles. The summed E-state index contributed by atoms with van der Waals surface area (Å²) in [5.41, 5.74) is 1.02. The average Bonchev–Trinajstić information content (AvgIpc) is 2.35. The number of nitrogens with zero attached hydrogens (tertiary/aromatic N) is 1. The monoisotopic (exact) mass is 342 g/mol. The topological polar surface area (TPSA) is 42.0 Å². The number of aromatic nitrogens is 1. The van der Waals surface area contributed by atoms with Crippen LogP contribution >= 0.6 is 27.5 Å². The molecule has 19 heavy (non-hydrogen) atoms. The second-order valence-electron chi connectivity index (χ2n) is 3.85. The maximum Gasteiger partial charge on any atom is 0.258 e. The number of pyridine rings is 1. The predicted octanol–water partition coefficient (Wildman–Crippen LogP) is 4.20. The van der Waals surface area contributed by atoms with Crippen LogP contribution in [-0.4, -0.2) is 10.9 Å². The summed E-state index contributed by atoms with van der Waals surface area (Å²) in [5, 5.41) is 2.94. The van der Waals surface area contributed by atoms with E-state index in [9.17, 15) is 9.18 Å². The summed E-state index contributed by atoms with van der Waals surface area (Å²) in [7, 11) is 0. The van der Waals surface area contributed by atoms with Crippen molar-refractivity contribution in [3.8, 4) is 0 Å². The van der Waals surface area contributed by atoms with Crippen LogP contribution < -0.4 is 5.32 Å². The predicted molar refractivity (Wildman–Crippen MR) is 76.0 cm³/mol. The highest BCUT2D eigenvalue weighted by molar-refractivity contribution is 9.10. The summed E-state index contributed by atoms with van der Waals surface area (Å²) in [6.45, 7) is 1.71. The van der Waals surface area contributed by atoms with Crippen LogP contribution in [-0.2, 0) is 0 Å². The fourth-order valence-electron chi connectivity index (χ4n) is 1.52. The SMILES string of the molecule is Cc1nc(Cl)ccc1NC(=O)c1cc(Br)ccc1F. The Morgan fingerprint density at radius 1 is 1.37 bits per heavy atom. The Morgan fingerprint density at radius 2 is 2.11 bits per heavy atom. The molecule has 1 aromatic carbocycles. The Kier molecular flexibility index (Phi) is 4.17. The Bertz CT molecular complexity index is 649. The van der Waals surface area contributed by atoms with Crippen LogP contribution in [0.2, 0.25) is 5.15 Å². The normalized spacial score (nSPS) is 10.3. The molecule has 0 aliphatic rings. The van der Waals surface area contributed by atoms with Gasteiger partial charge in [0.05, 0.1) is 16.9 Å². The third-order valence-corrected chi connectivity index (χ3v) is 3.18. The second kappa shape index (κ2) is 5.67. The van der Waals surface area contributed by atoms with Crippen molar-refractivity contribution in [1.29, 1.82) is 0 Å². The molecule has 0 atom stereocenters. The standard InChI is InChI=1S/C13H9BrClFN2O/c1-7-11(4-5-12(15)17-7)18-13(19)9-6-8(14)2-3-10(9)16/h2-6H,1H3,(H,18,19). The van der Waals surface area contributed by atoms with Gasteiger partial charge in [-0.1, -0.05) is 27.5 Å². The zero-order chi connectivity index (χ0) is 14.0. The van der Waals surface area contributed by atoms with E-state index in [1.54, 1.807) is 19.1 Å². The van der Waals surface area contributed by atoms with Crippen LogP contribution in [0.25, 0.3) is 0 Å². The van der Waals surface area contributed by atoms with Gasteiger partial charge in [-0.2, -0.15) is 0 Å². The fraction of sp³-hybridized carbons (Fsp3) is 0.0769. The van der Waals surface area contributed by atoms with Gasteiger partial charge in [-0.3, -0.25) is 4.79 Å². The molecule has 1 aromatic heterocycles. The first-order chi connectivity index (χ1) is 8.97. The molecule has 0 radical (unpaired) electrons. The number of hydrogen-bond donors (Lipinski definition) is 1. The number of carbonyl (C=O) groups excluding carboxylic acids is 1. The first-order valence-corrected chi connectivity index (χ1v) is 6.54. The minimum Gasteiger partial charge on any atom is -0.320 e. The lowest BCUT2D eigenvalue weighted by Crippen LogP contribution is -2.15. The average molecular weight is 344 g/mol. The van der Waals surface area contributed by atoms with Crippen molar-refractivity contribution in [3.05, 3.63) is 57.0 Å². The van der Waals surface area contributed by atoms with Gasteiger partial charge in [0.25, 0.3) is 5.91 Å². The summed E-state index contributed by atoms with van der Waals surface area (Å²) in [6, 6.07) is 7.36. The Morgan fingerprint density at radius 3 is 2.79 bits per heavy atom. The molecule has 6 heteroatoms. The van der Waals surface area contributed by atoms with Crippen molar-refractivity contribution in [3.63, 3.8) is 0 Å². The number of rotatable bonds is 2. The zero-order valence-corrected chi connectivity index (χ0v) is 12.2. The number of hydrogen-bond acceptors (Lipinski definition) is 2. The van der Waals surface area contributed by atoms with Crippen molar-refractivity contribution >= 4 is 39.1 Å². The molecule has 2 rings (SSSR count). The number of carbonyl (C=O) groups is 1. The first-order valence-electron chi connectivity index (χ1n) is 5.37. The highest BCUT2D eigenvalue weighted by Crippen LogP contribution is 2.19. The lowest BCUT2D eigenvalue weighted by Gasteiger charge is -2.08. The molecule has 3 nitrogen and oxygen atoms in total. The maximum absolute atomic E-state index is 13.6. The van der Waals surface area contributed by atoms with Gasteiger partial charge in [-0.25, -0.2) is 9.37 Å². The molecule has 0 bridgehead atoms. The quantitative estimate of drug-likeness (QED) is 0.831. The fourth-order valence-corrected chi connectivity index (χ4v) is 2.07. The van der Waals surface area contributed by atoms with E-state index in [1.807, 2.05) is 0 Å². The van der Waals surface area contributed by atoms with Gasteiger partial charge in [0.15, 0.2) is 0 Å². The Labute approximate surface area is 122 Å². The molecule has 2 aromatic rings. The lowest BCUT2D eigenvalue weighted by molar-refractivity contribution is 0.102. The molecular weight excluding hydrogens is 335 g/mol. The lowest BCUT2D eigenvalue weighted by atomic mass is 10.2. The van der Waals surface area contributed by atoms with Crippen LogP contribution in [0.5, 0.6) is 0 Å². The van der Waals surface area contributed by atoms with Crippen molar-refractivity contribution in [1.82, 2.24) is 4.98 Å². The van der Waals surface area contributed by atoms with E-state index in [-0.39, 0.29) is 5.56 Å². The number of halogens is 3. The third kappa shape index (κ3) is 3.30. The van der Waals surface area contributed by atoms with Crippen molar-refractivity contribution in [2.45, 2.75) is 6.92 Å². The third-order valence-electron chi connectivity index (χ3n) is 2.47. The molecule has 1 heterocycles. The Balaban J connectivity index is 2.28.